The molecule has 0 spiro atoms. The van der Waals surface area contributed by atoms with Crippen molar-refractivity contribution in [1.29, 1.82) is 0 Å². The third-order valence-electron chi connectivity index (χ3n) is 5.36. The average Bonchev–Trinajstić information content (AvgIpc) is 3.19. The number of hydrogen-bond donors (Lipinski definition) is 2. The monoisotopic (exact) mass is 304 g/mol. The summed E-state index contributed by atoms with van der Waals surface area (Å²) in [4.78, 5) is 0. The number of halogens is 1. The van der Waals surface area contributed by atoms with E-state index in [0.29, 0.717) is 11.8 Å². The fraction of sp³-hybridized carbons (Fsp3) is 0.529. The first-order chi connectivity index (χ1) is 10.2. The van der Waals surface area contributed by atoms with Crippen LogP contribution >= 0.6 is 11.6 Å². The molecule has 3 unspecified atom stereocenters. The first-order valence-electron chi connectivity index (χ1n) is 7.77. The Hall–Kier alpha value is -1.19. The van der Waals surface area contributed by atoms with E-state index in [1.54, 1.807) is 7.11 Å². The number of hydrogen-bond acceptors (Lipinski definition) is 3. The van der Waals surface area contributed by atoms with E-state index in [0.717, 1.165) is 36.8 Å². The summed E-state index contributed by atoms with van der Waals surface area (Å²) in [6.45, 7) is 4.00. The molecule has 0 amide bonds. The minimum Gasteiger partial charge on any atom is -0.372 e. The number of fused-ring (bicyclic) bond motifs is 2. The Morgan fingerprint density at radius 3 is 3.10 bits per heavy atom. The van der Waals surface area contributed by atoms with Crippen LogP contribution in [0.4, 0.5) is 0 Å². The Bertz CT molecular complexity index is 616. The minimum atomic E-state index is -0.235. The molecule has 1 aliphatic heterocycles. The first kappa shape index (κ1) is 13.5. The van der Waals surface area contributed by atoms with Crippen molar-refractivity contribution < 1.29 is 4.74 Å². The molecule has 4 aliphatic rings. The van der Waals surface area contributed by atoms with Crippen LogP contribution in [0.1, 0.15) is 19.8 Å². The molecular weight excluding hydrogens is 284 g/mol. The maximum absolute atomic E-state index is 6.47. The van der Waals surface area contributed by atoms with E-state index in [9.17, 15) is 0 Å². The third-order valence-corrected chi connectivity index (χ3v) is 5.78. The standard InChI is InChI=1S/C17H21ClN2O/c1-3-19-15-8-12-10(9-20-15)4-6-13-16-11(12)5-7-14(18)17(13,16)21-2/h5,7-8,13,16,19-20H,3-4,6,9H2,1-2H3. The van der Waals surface area contributed by atoms with Gasteiger partial charge in [-0.3, -0.25) is 0 Å². The van der Waals surface area contributed by atoms with Gasteiger partial charge in [0.25, 0.3) is 0 Å². The van der Waals surface area contributed by atoms with Gasteiger partial charge < -0.3 is 15.4 Å². The molecule has 4 heteroatoms. The number of allylic oxidation sites excluding steroid dienone is 4. The van der Waals surface area contributed by atoms with Gasteiger partial charge in [-0.15, -0.1) is 0 Å². The van der Waals surface area contributed by atoms with E-state index in [1.807, 2.05) is 6.08 Å². The maximum atomic E-state index is 6.47. The van der Waals surface area contributed by atoms with Gasteiger partial charge in [0, 0.05) is 32.0 Å². The lowest BCUT2D eigenvalue weighted by Crippen LogP contribution is -2.32. The second kappa shape index (κ2) is 4.65. The summed E-state index contributed by atoms with van der Waals surface area (Å²) < 4.78 is 5.87. The van der Waals surface area contributed by atoms with E-state index < -0.39 is 0 Å². The van der Waals surface area contributed by atoms with Gasteiger partial charge in [0.1, 0.15) is 5.60 Å². The van der Waals surface area contributed by atoms with Crippen molar-refractivity contribution in [3.63, 3.8) is 0 Å². The summed E-state index contributed by atoms with van der Waals surface area (Å²) in [5, 5.41) is 7.74. The topological polar surface area (TPSA) is 33.3 Å². The molecule has 3 nitrogen and oxygen atoms in total. The largest absolute Gasteiger partial charge is 0.372 e. The molecule has 21 heavy (non-hydrogen) atoms. The summed E-state index contributed by atoms with van der Waals surface area (Å²) in [7, 11) is 1.80. The molecule has 1 fully saturated rings. The predicted octanol–water partition coefficient (Wildman–Crippen LogP) is 2.82. The molecule has 2 N–H and O–H groups in total. The Balaban J connectivity index is 1.78. The Morgan fingerprint density at radius 2 is 2.33 bits per heavy atom. The highest BCUT2D eigenvalue weighted by atomic mass is 35.5. The average molecular weight is 305 g/mol. The molecule has 0 radical (unpaired) electrons. The van der Waals surface area contributed by atoms with Gasteiger partial charge in [0.05, 0.1) is 10.9 Å². The highest BCUT2D eigenvalue weighted by Crippen LogP contribution is 2.68. The van der Waals surface area contributed by atoms with Crippen LogP contribution in [0.25, 0.3) is 0 Å². The van der Waals surface area contributed by atoms with Gasteiger partial charge in [-0.2, -0.15) is 0 Å². The van der Waals surface area contributed by atoms with E-state index in [4.69, 9.17) is 16.3 Å². The second-order valence-corrected chi connectivity index (χ2v) is 6.62. The van der Waals surface area contributed by atoms with Crippen LogP contribution < -0.4 is 10.6 Å². The van der Waals surface area contributed by atoms with E-state index >= 15 is 0 Å². The molecule has 3 aliphatic carbocycles. The third kappa shape index (κ3) is 1.71. The van der Waals surface area contributed by atoms with Gasteiger partial charge in [-0.25, -0.2) is 0 Å². The molecule has 0 aromatic carbocycles. The zero-order valence-electron chi connectivity index (χ0n) is 12.5. The van der Waals surface area contributed by atoms with Crippen LogP contribution in [0.15, 0.2) is 45.8 Å². The molecule has 1 saturated carbocycles. The normalized spacial score (nSPS) is 36.4. The lowest BCUT2D eigenvalue weighted by Gasteiger charge is -2.27. The van der Waals surface area contributed by atoms with E-state index in [-0.39, 0.29) is 5.60 Å². The predicted molar refractivity (Wildman–Crippen MR) is 84.8 cm³/mol. The van der Waals surface area contributed by atoms with Crippen molar-refractivity contribution in [1.82, 2.24) is 10.6 Å². The van der Waals surface area contributed by atoms with Gasteiger partial charge in [0.2, 0.25) is 0 Å². The molecule has 4 rings (SSSR count). The molecular formula is C17H21ClN2O. The molecule has 3 atom stereocenters. The summed E-state index contributed by atoms with van der Waals surface area (Å²) >= 11 is 6.47. The fourth-order valence-electron chi connectivity index (χ4n) is 4.36. The van der Waals surface area contributed by atoms with Crippen LogP contribution in [0, 0.1) is 11.8 Å². The summed E-state index contributed by atoms with van der Waals surface area (Å²) in [6.07, 6.45) is 8.80. The van der Waals surface area contributed by atoms with Crippen molar-refractivity contribution in [2.45, 2.75) is 25.4 Å². The number of dihydropyridines is 1. The second-order valence-electron chi connectivity index (χ2n) is 6.22. The molecule has 112 valence electrons. The van der Waals surface area contributed by atoms with Gasteiger partial charge in [-0.1, -0.05) is 17.7 Å². The highest BCUT2D eigenvalue weighted by molar-refractivity contribution is 6.31. The van der Waals surface area contributed by atoms with Crippen LogP contribution in [-0.4, -0.2) is 25.8 Å². The molecule has 0 bridgehead atoms. The fourth-order valence-corrected chi connectivity index (χ4v) is 4.75. The van der Waals surface area contributed by atoms with E-state index in [1.165, 1.54) is 16.7 Å². The van der Waals surface area contributed by atoms with Crippen molar-refractivity contribution in [2.75, 3.05) is 20.2 Å². The Morgan fingerprint density at radius 1 is 1.48 bits per heavy atom. The molecule has 0 aromatic rings. The van der Waals surface area contributed by atoms with Gasteiger partial charge in [-0.05, 0) is 48.6 Å². The van der Waals surface area contributed by atoms with Crippen LogP contribution in [0.2, 0.25) is 0 Å². The lowest BCUT2D eigenvalue weighted by atomic mass is 9.89. The summed E-state index contributed by atoms with van der Waals surface area (Å²) in [5.74, 6) is 2.09. The van der Waals surface area contributed by atoms with Crippen molar-refractivity contribution >= 4 is 11.6 Å². The highest BCUT2D eigenvalue weighted by Gasteiger charge is 2.69. The zero-order valence-corrected chi connectivity index (χ0v) is 13.3. The number of ether oxygens (including phenoxy) is 1. The van der Waals surface area contributed by atoms with Crippen LogP contribution in [0.3, 0.4) is 0 Å². The zero-order chi connectivity index (χ0) is 14.6. The van der Waals surface area contributed by atoms with Crippen LogP contribution in [0.5, 0.6) is 0 Å². The summed E-state index contributed by atoms with van der Waals surface area (Å²) in [6, 6.07) is 0. The van der Waals surface area contributed by atoms with Crippen LogP contribution in [-0.2, 0) is 4.74 Å². The minimum absolute atomic E-state index is 0.235. The van der Waals surface area contributed by atoms with Crippen molar-refractivity contribution in [2.24, 2.45) is 11.8 Å². The molecule has 1 heterocycles. The van der Waals surface area contributed by atoms with E-state index in [2.05, 4.69) is 29.7 Å². The quantitative estimate of drug-likeness (QED) is 0.841. The number of nitrogens with one attached hydrogen (secondary N) is 2. The van der Waals surface area contributed by atoms with Gasteiger partial charge in [0.15, 0.2) is 0 Å². The van der Waals surface area contributed by atoms with Crippen molar-refractivity contribution in [3.05, 3.63) is 45.8 Å². The Labute approximate surface area is 130 Å². The maximum Gasteiger partial charge on any atom is 0.114 e. The molecule has 0 saturated heterocycles. The summed E-state index contributed by atoms with van der Waals surface area (Å²) in [5.41, 5.74) is 4.10. The SMILES string of the molecule is CCNC1=CC2=C(CCC3C4C2=CC=C(Cl)C34OC)CN1. The molecule has 0 aromatic heterocycles. The first-order valence-corrected chi connectivity index (χ1v) is 8.15. The smallest absolute Gasteiger partial charge is 0.114 e. The Kier molecular flexibility index (Phi) is 2.98. The van der Waals surface area contributed by atoms with Gasteiger partial charge >= 0.3 is 0 Å². The van der Waals surface area contributed by atoms with Crippen molar-refractivity contribution in [3.8, 4) is 0 Å². The number of rotatable bonds is 3. The lowest BCUT2D eigenvalue weighted by molar-refractivity contribution is 0.0929. The number of methoxy groups -OCH3 is 1.